The Morgan fingerprint density at radius 3 is 2.30 bits per heavy atom. The van der Waals surface area contributed by atoms with E-state index in [4.69, 9.17) is 9.47 Å². The lowest BCUT2D eigenvalue weighted by molar-refractivity contribution is -0.172. The van der Waals surface area contributed by atoms with Gasteiger partial charge in [-0.2, -0.15) is 0 Å². The van der Waals surface area contributed by atoms with E-state index < -0.39 is 0 Å². The van der Waals surface area contributed by atoms with E-state index in [9.17, 15) is 14.4 Å². The summed E-state index contributed by atoms with van der Waals surface area (Å²) in [7, 11) is 0. The second kappa shape index (κ2) is 7.49. The van der Waals surface area contributed by atoms with Crippen molar-refractivity contribution in [2.45, 2.75) is 91.8 Å². The van der Waals surface area contributed by atoms with Gasteiger partial charge in [-0.15, -0.1) is 0 Å². The van der Waals surface area contributed by atoms with Crippen molar-refractivity contribution >= 4 is 17.7 Å². The van der Waals surface area contributed by atoms with Crippen molar-refractivity contribution < 1.29 is 23.9 Å². The molecule has 0 radical (unpaired) electrons. The van der Waals surface area contributed by atoms with Crippen LogP contribution in [0.25, 0.3) is 0 Å². The third kappa shape index (κ3) is 3.23. The van der Waals surface area contributed by atoms with E-state index in [0.717, 1.165) is 38.5 Å². The molecule has 166 valence electrons. The third-order valence-corrected chi connectivity index (χ3v) is 9.26. The van der Waals surface area contributed by atoms with Gasteiger partial charge in [-0.3, -0.25) is 14.4 Å². The molecule has 0 aromatic carbocycles. The minimum Gasteiger partial charge on any atom is -0.462 e. The minimum atomic E-state index is -0.283. The second-order valence-corrected chi connectivity index (χ2v) is 10.7. The summed E-state index contributed by atoms with van der Waals surface area (Å²) in [6.45, 7) is 9.28. The Bertz CT molecular complexity index is 784. The molecule has 0 N–H and O–H groups in total. The van der Waals surface area contributed by atoms with Crippen LogP contribution in [0.15, 0.2) is 11.6 Å². The van der Waals surface area contributed by atoms with Crippen LogP contribution in [0, 0.1) is 34.5 Å². The van der Waals surface area contributed by atoms with Crippen LogP contribution in [-0.4, -0.2) is 29.9 Å². The highest BCUT2D eigenvalue weighted by Gasteiger charge is 2.62. The fourth-order valence-electron chi connectivity index (χ4n) is 8.02. The predicted molar refractivity (Wildman–Crippen MR) is 112 cm³/mol. The quantitative estimate of drug-likeness (QED) is 0.496. The summed E-state index contributed by atoms with van der Waals surface area (Å²) in [5.74, 6) is 1.47. The number of ether oxygens (including phenoxy) is 2. The Labute approximate surface area is 179 Å². The summed E-state index contributed by atoms with van der Waals surface area (Å²) < 4.78 is 11.4. The second-order valence-electron chi connectivity index (χ2n) is 10.7. The van der Waals surface area contributed by atoms with Gasteiger partial charge >= 0.3 is 11.9 Å². The molecule has 0 amide bonds. The molecule has 5 nitrogen and oxygen atoms in total. The molecule has 5 heteroatoms. The standard InChI is InChI=1S/C25H36O5/c1-14(26)20-8-9-21-19-7-6-17-12-18(29-15(2)27)13-23(30-16(3)28)25(17,5)22(19)10-11-24(20,21)4/h6,18-23H,7-13H2,1-5H3/t18?,19-,20+,21-,22-,23?,24+,25-/m0/s1. The Balaban J connectivity index is 1.68. The number of rotatable bonds is 3. The Morgan fingerprint density at radius 1 is 0.967 bits per heavy atom. The number of carbonyl (C=O) groups is 3. The van der Waals surface area contributed by atoms with E-state index in [0.29, 0.717) is 30.0 Å². The van der Waals surface area contributed by atoms with E-state index in [2.05, 4.69) is 19.9 Å². The van der Waals surface area contributed by atoms with Crippen molar-refractivity contribution in [1.29, 1.82) is 0 Å². The van der Waals surface area contributed by atoms with Gasteiger partial charge in [0.1, 0.15) is 18.0 Å². The number of esters is 2. The molecule has 0 heterocycles. The van der Waals surface area contributed by atoms with E-state index in [1.165, 1.54) is 19.4 Å². The maximum Gasteiger partial charge on any atom is 0.302 e. The molecule has 2 unspecified atom stereocenters. The lowest BCUT2D eigenvalue weighted by Crippen LogP contribution is -2.57. The normalized spacial score (nSPS) is 44.8. The van der Waals surface area contributed by atoms with Crippen LogP contribution in [-0.2, 0) is 23.9 Å². The molecule has 3 saturated carbocycles. The fourth-order valence-corrected chi connectivity index (χ4v) is 8.02. The smallest absolute Gasteiger partial charge is 0.302 e. The van der Waals surface area contributed by atoms with Gasteiger partial charge in [-0.05, 0) is 62.2 Å². The summed E-state index contributed by atoms with van der Waals surface area (Å²) in [5.41, 5.74) is 1.17. The van der Waals surface area contributed by atoms with Gasteiger partial charge in [0.25, 0.3) is 0 Å². The highest BCUT2D eigenvalue weighted by molar-refractivity contribution is 5.79. The summed E-state index contributed by atoms with van der Waals surface area (Å²) in [6.07, 6.45) is 8.40. The molecule has 0 bridgehead atoms. The fraction of sp³-hybridized carbons (Fsp3) is 0.800. The Hall–Kier alpha value is -1.65. The first-order chi connectivity index (χ1) is 14.1. The van der Waals surface area contributed by atoms with Gasteiger partial charge in [-0.1, -0.05) is 25.5 Å². The maximum absolute atomic E-state index is 12.3. The van der Waals surface area contributed by atoms with Crippen molar-refractivity contribution in [3.63, 3.8) is 0 Å². The molecular weight excluding hydrogens is 380 g/mol. The van der Waals surface area contributed by atoms with Gasteiger partial charge in [0.2, 0.25) is 0 Å². The van der Waals surface area contributed by atoms with Crippen LogP contribution < -0.4 is 0 Å². The largest absolute Gasteiger partial charge is 0.462 e. The molecule has 8 atom stereocenters. The van der Waals surface area contributed by atoms with E-state index in [1.807, 2.05) is 0 Å². The van der Waals surface area contributed by atoms with Crippen LogP contribution >= 0.6 is 0 Å². The summed E-state index contributed by atoms with van der Waals surface area (Å²) >= 11 is 0. The zero-order valence-corrected chi connectivity index (χ0v) is 19.0. The van der Waals surface area contributed by atoms with Crippen molar-refractivity contribution in [3.05, 3.63) is 11.6 Å². The van der Waals surface area contributed by atoms with Crippen LogP contribution in [0.3, 0.4) is 0 Å². The monoisotopic (exact) mass is 416 g/mol. The molecule has 4 aliphatic rings. The number of ketones is 1. The average molecular weight is 417 g/mol. The van der Waals surface area contributed by atoms with Crippen LogP contribution in [0.2, 0.25) is 0 Å². The molecule has 0 spiro atoms. The first-order valence-corrected chi connectivity index (χ1v) is 11.6. The Morgan fingerprint density at radius 2 is 1.67 bits per heavy atom. The number of fused-ring (bicyclic) bond motifs is 5. The number of carbonyl (C=O) groups excluding carboxylic acids is 3. The van der Waals surface area contributed by atoms with Crippen molar-refractivity contribution in [2.75, 3.05) is 0 Å². The number of hydrogen-bond acceptors (Lipinski definition) is 5. The molecular formula is C25H36O5. The summed E-state index contributed by atoms with van der Waals surface area (Å²) in [6, 6.07) is 0. The van der Waals surface area contributed by atoms with Crippen molar-refractivity contribution in [2.24, 2.45) is 34.5 Å². The van der Waals surface area contributed by atoms with E-state index >= 15 is 0 Å². The summed E-state index contributed by atoms with van der Waals surface area (Å²) in [4.78, 5) is 35.9. The first kappa shape index (κ1) is 21.6. The average Bonchev–Trinajstić information content (AvgIpc) is 2.99. The molecule has 30 heavy (non-hydrogen) atoms. The van der Waals surface area contributed by atoms with Gasteiger partial charge in [-0.25, -0.2) is 0 Å². The SMILES string of the molecule is CC(=O)OC1CC2=CC[C@H]3[C@@H]4CC[C@H](C(C)=O)[C@@]4(C)CC[C@@H]3[C@@]2(C)C(OC(C)=O)C1. The van der Waals surface area contributed by atoms with E-state index in [1.54, 1.807) is 6.92 Å². The first-order valence-electron chi connectivity index (χ1n) is 11.6. The molecule has 0 aliphatic heterocycles. The zero-order valence-electron chi connectivity index (χ0n) is 19.0. The summed E-state index contributed by atoms with van der Waals surface area (Å²) in [5, 5.41) is 0. The molecule has 0 aromatic heterocycles. The molecule has 0 aromatic rings. The van der Waals surface area contributed by atoms with E-state index in [-0.39, 0.29) is 40.9 Å². The van der Waals surface area contributed by atoms with Gasteiger partial charge < -0.3 is 9.47 Å². The number of allylic oxidation sites excluding steroid dienone is 1. The van der Waals surface area contributed by atoms with Gasteiger partial charge in [0.15, 0.2) is 0 Å². The zero-order chi connectivity index (χ0) is 21.8. The van der Waals surface area contributed by atoms with Crippen LogP contribution in [0.4, 0.5) is 0 Å². The highest BCUT2D eigenvalue weighted by Crippen LogP contribution is 2.66. The lowest BCUT2D eigenvalue weighted by atomic mass is 9.46. The molecule has 3 fully saturated rings. The Kier molecular flexibility index (Phi) is 5.39. The number of Topliss-reactive ketones (excluding diaryl/α,β-unsaturated/α-hetero) is 1. The van der Waals surface area contributed by atoms with Gasteiger partial charge in [0, 0.05) is 38.0 Å². The lowest BCUT2D eigenvalue weighted by Gasteiger charge is -2.59. The third-order valence-electron chi connectivity index (χ3n) is 9.26. The molecule has 4 rings (SSSR count). The van der Waals surface area contributed by atoms with Gasteiger partial charge in [0.05, 0.1) is 0 Å². The highest BCUT2D eigenvalue weighted by atomic mass is 16.6. The van der Waals surface area contributed by atoms with Crippen LogP contribution in [0.5, 0.6) is 0 Å². The topological polar surface area (TPSA) is 69.7 Å². The van der Waals surface area contributed by atoms with Crippen molar-refractivity contribution in [3.8, 4) is 0 Å². The number of hydrogen-bond donors (Lipinski definition) is 0. The molecule has 4 aliphatic carbocycles. The minimum absolute atomic E-state index is 0.0978. The predicted octanol–water partition coefficient (Wildman–Crippen LogP) is 4.63. The maximum atomic E-state index is 12.3. The van der Waals surface area contributed by atoms with Crippen LogP contribution in [0.1, 0.15) is 79.6 Å². The molecule has 0 saturated heterocycles. The van der Waals surface area contributed by atoms with Crippen molar-refractivity contribution in [1.82, 2.24) is 0 Å².